The minimum Gasteiger partial charge on any atom is -0.465 e. The number of benzene rings is 3. The molecule has 1 heterocycles. The third kappa shape index (κ3) is 2.21. The van der Waals surface area contributed by atoms with Gasteiger partial charge in [0, 0.05) is 16.5 Å². The molecule has 1 aliphatic heterocycles. The molecule has 0 N–H and O–H groups in total. The van der Waals surface area contributed by atoms with Crippen molar-refractivity contribution in [1.29, 1.82) is 0 Å². The molecule has 0 unspecified atom stereocenters. The van der Waals surface area contributed by atoms with Crippen LogP contribution in [0.15, 0.2) is 60.7 Å². The summed E-state index contributed by atoms with van der Waals surface area (Å²) in [5.74, 6) is -1.22. The van der Waals surface area contributed by atoms with Crippen LogP contribution in [0.3, 0.4) is 0 Å². The molecule has 0 spiro atoms. The molecule has 2 amide bonds. The monoisotopic (exact) mass is 331 g/mol. The van der Waals surface area contributed by atoms with Crippen LogP contribution in [-0.4, -0.2) is 24.9 Å². The summed E-state index contributed by atoms with van der Waals surface area (Å²) in [6, 6.07) is 17.0. The van der Waals surface area contributed by atoms with Crippen LogP contribution in [-0.2, 0) is 4.74 Å². The zero-order valence-electron chi connectivity index (χ0n) is 13.4. The predicted molar refractivity (Wildman–Crippen MR) is 92.9 cm³/mol. The summed E-state index contributed by atoms with van der Waals surface area (Å²) in [5, 5.41) is 1.54. The molecule has 4 rings (SSSR count). The highest BCUT2D eigenvalue weighted by molar-refractivity contribution is 6.35. The standard InChI is InChI=1S/C20H13NO4/c1-25-20(24)13-8-10-14(11-9-13)21-18(22)15-6-2-4-12-5-3-7-16(17(12)15)19(21)23/h2-11H,1H3. The molecule has 0 saturated heterocycles. The van der Waals surface area contributed by atoms with E-state index in [1.807, 2.05) is 12.1 Å². The second-order valence-corrected chi connectivity index (χ2v) is 5.69. The largest absolute Gasteiger partial charge is 0.465 e. The summed E-state index contributed by atoms with van der Waals surface area (Å²) in [6.07, 6.45) is 0. The van der Waals surface area contributed by atoms with E-state index in [-0.39, 0.29) is 11.8 Å². The Morgan fingerprint density at radius 2 is 1.40 bits per heavy atom. The quantitative estimate of drug-likeness (QED) is 0.533. The summed E-state index contributed by atoms with van der Waals surface area (Å²) in [7, 11) is 1.30. The number of methoxy groups -OCH3 is 1. The topological polar surface area (TPSA) is 63.7 Å². The lowest BCUT2D eigenvalue weighted by Crippen LogP contribution is -2.40. The normalized spacial score (nSPS) is 13.2. The van der Waals surface area contributed by atoms with E-state index in [1.165, 1.54) is 19.2 Å². The zero-order valence-corrected chi connectivity index (χ0v) is 13.4. The number of esters is 1. The van der Waals surface area contributed by atoms with Crippen molar-refractivity contribution in [3.05, 3.63) is 77.4 Å². The van der Waals surface area contributed by atoms with Gasteiger partial charge in [0.1, 0.15) is 0 Å². The number of anilines is 1. The number of carbonyl (C=O) groups is 3. The molecule has 0 radical (unpaired) electrons. The van der Waals surface area contributed by atoms with E-state index < -0.39 is 5.97 Å². The maximum Gasteiger partial charge on any atom is 0.337 e. The van der Waals surface area contributed by atoms with Gasteiger partial charge in [-0.2, -0.15) is 0 Å². The van der Waals surface area contributed by atoms with Crippen molar-refractivity contribution in [3.63, 3.8) is 0 Å². The highest BCUT2D eigenvalue weighted by Gasteiger charge is 2.33. The molecule has 3 aromatic carbocycles. The van der Waals surface area contributed by atoms with E-state index in [0.29, 0.717) is 27.8 Å². The Hall–Kier alpha value is -3.47. The number of imide groups is 1. The third-order valence-corrected chi connectivity index (χ3v) is 4.32. The van der Waals surface area contributed by atoms with Crippen molar-refractivity contribution in [2.75, 3.05) is 12.0 Å². The van der Waals surface area contributed by atoms with Gasteiger partial charge in [-0.1, -0.05) is 24.3 Å². The zero-order chi connectivity index (χ0) is 17.6. The second-order valence-electron chi connectivity index (χ2n) is 5.69. The highest BCUT2D eigenvalue weighted by atomic mass is 16.5. The van der Waals surface area contributed by atoms with E-state index in [4.69, 9.17) is 0 Å². The number of carbonyl (C=O) groups excluding carboxylic acids is 3. The summed E-state index contributed by atoms with van der Waals surface area (Å²) in [5.41, 5.74) is 1.74. The first-order valence-corrected chi connectivity index (χ1v) is 7.70. The molecule has 0 fully saturated rings. The smallest absolute Gasteiger partial charge is 0.337 e. The molecule has 5 heteroatoms. The van der Waals surface area contributed by atoms with Crippen molar-refractivity contribution < 1.29 is 19.1 Å². The van der Waals surface area contributed by atoms with Crippen LogP contribution in [0, 0.1) is 0 Å². The Labute approximate surface area is 143 Å². The molecule has 0 saturated carbocycles. The minimum absolute atomic E-state index is 0.352. The summed E-state index contributed by atoms with van der Waals surface area (Å²) >= 11 is 0. The van der Waals surface area contributed by atoms with Crippen LogP contribution in [0.25, 0.3) is 10.8 Å². The van der Waals surface area contributed by atoms with Crippen LogP contribution in [0.2, 0.25) is 0 Å². The summed E-state index contributed by atoms with van der Waals surface area (Å²) < 4.78 is 4.66. The van der Waals surface area contributed by atoms with E-state index in [0.717, 1.165) is 10.3 Å². The van der Waals surface area contributed by atoms with E-state index in [2.05, 4.69) is 4.74 Å². The van der Waals surface area contributed by atoms with Crippen molar-refractivity contribution in [2.24, 2.45) is 0 Å². The van der Waals surface area contributed by atoms with E-state index in [1.54, 1.807) is 36.4 Å². The molecule has 0 atom stereocenters. The molecule has 0 aliphatic carbocycles. The minimum atomic E-state index is -0.474. The molecule has 0 bridgehead atoms. The van der Waals surface area contributed by atoms with E-state index in [9.17, 15) is 14.4 Å². The van der Waals surface area contributed by atoms with Crippen molar-refractivity contribution in [2.45, 2.75) is 0 Å². The maximum atomic E-state index is 12.9. The fraction of sp³-hybridized carbons (Fsp3) is 0.0500. The molecule has 5 nitrogen and oxygen atoms in total. The van der Waals surface area contributed by atoms with Gasteiger partial charge in [0.15, 0.2) is 0 Å². The Balaban J connectivity index is 1.84. The Bertz CT molecular complexity index is 987. The van der Waals surface area contributed by atoms with Crippen molar-refractivity contribution in [1.82, 2.24) is 0 Å². The van der Waals surface area contributed by atoms with Crippen LogP contribution in [0.1, 0.15) is 31.1 Å². The number of nitrogens with zero attached hydrogens (tertiary/aromatic N) is 1. The SMILES string of the molecule is COC(=O)c1ccc(N2C(=O)c3cccc4cccc(c34)C2=O)cc1. The molecule has 1 aliphatic rings. The van der Waals surface area contributed by atoms with Gasteiger partial charge in [-0.05, 0) is 41.8 Å². The molecular formula is C20H13NO4. The Morgan fingerprint density at radius 1 is 0.840 bits per heavy atom. The number of rotatable bonds is 2. The molecule has 0 aromatic heterocycles. The predicted octanol–water partition coefficient (Wildman–Crippen LogP) is 3.43. The van der Waals surface area contributed by atoms with Gasteiger partial charge in [0.25, 0.3) is 11.8 Å². The van der Waals surface area contributed by atoms with Gasteiger partial charge < -0.3 is 4.74 Å². The average Bonchev–Trinajstić information content (AvgIpc) is 2.66. The Morgan fingerprint density at radius 3 is 1.92 bits per heavy atom. The van der Waals surface area contributed by atoms with Gasteiger partial charge in [-0.3, -0.25) is 9.59 Å². The van der Waals surface area contributed by atoms with Crippen LogP contribution in [0.5, 0.6) is 0 Å². The third-order valence-electron chi connectivity index (χ3n) is 4.32. The number of ether oxygens (including phenoxy) is 1. The van der Waals surface area contributed by atoms with E-state index >= 15 is 0 Å². The average molecular weight is 331 g/mol. The fourth-order valence-electron chi connectivity index (χ4n) is 3.13. The number of hydrogen-bond acceptors (Lipinski definition) is 4. The van der Waals surface area contributed by atoms with Gasteiger partial charge in [-0.25, -0.2) is 9.69 Å². The van der Waals surface area contributed by atoms with Crippen LogP contribution >= 0.6 is 0 Å². The van der Waals surface area contributed by atoms with Crippen molar-refractivity contribution >= 4 is 34.2 Å². The molecule has 122 valence electrons. The number of amides is 2. The second kappa shape index (κ2) is 5.56. The summed E-state index contributed by atoms with van der Waals surface area (Å²) in [6.45, 7) is 0. The van der Waals surface area contributed by atoms with Gasteiger partial charge >= 0.3 is 5.97 Å². The van der Waals surface area contributed by atoms with Crippen LogP contribution in [0.4, 0.5) is 5.69 Å². The molecule has 25 heavy (non-hydrogen) atoms. The first-order chi connectivity index (χ1) is 12.1. The fourth-order valence-corrected chi connectivity index (χ4v) is 3.13. The molecular weight excluding hydrogens is 318 g/mol. The lowest BCUT2D eigenvalue weighted by molar-refractivity contribution is 0.0600. The number of hydrogen-bond donors (Lipinski definition) is 0. The first-order valence-electron chi connectivity index (χ1n) is 7.70. The maximum absolute atomic E-state index is 12.9. The molecule has 3 aromatic rings. The highest BCUT2D eigenvalue weighted by Crippen LogP contribution is 2.32. The van der Waals surface area contributed by atoms with Crippen LogP contribution < -0.4 is 4.90 Å². The summed E-state index contributed by atoms with van der Waals surface area (Å²) in [4.78, 5) is 38.5. The lowest BCUT2D eigenvalue weighted by Gasteiger charge is -2.27. The Kier molecular flexibility index (Phi) is 3.35. The van der Waals surface area contributed by atoms with Crippen molar-refractivity contribution in [3.8, 4) is 0 Å². The first kappa shape index (κ1) is 15.1. The van der Waals surface area contributed by atoms with Gasteiger partial charge in [0.2, 0.25) is 0 Å². The lowest BCUT2D eigenvalue weighted by atomic mass is 9.94. The van der Waals surface area contributed by atoms with Gasteiger partial charge in [0.05, 0.1) is 18.4 Å². The van der Waals surface area contributed by atoms with Gasteiger partial charge in [-0.15, -0.1) is 0 Å².